The fourth-order valence-electron chi connectivity index (χ4n) is 2.64. The lowest BCUT2D eigenvalue weighted by Crippen LogP contribution is -2.00. The first kappa shape index (κ1) is 18.5. The van der Waals surface area contributed by atoms with Crippen LogP contribution in [-0.4, -0.2) is 24.9 Å². The maximum absolute atomic E-state index is 5.98. The van der Waals surface area contributed by atoms with Crippen molar-refractivity contribution in [1.29, 1.82) is 0 Å². The van der Waals surface area contributed by atoms with Gasteiger partial charge in [-0.1, -0.05) is 52.8 Å². The van der Waals surface area contributed by atoms with Gasteiger partial charge >= 0.3 is 0 Å². The molecule has 0 bridgehead atoms. The number of halogens is 1. The zero-order chi connectivity index (χ0) is 19.3. The summed E-state index contributed by atoms with van der Waals surface area (Å²) in [5, 5.41) is 14.2. The Morgan fingerprint density at radius 3 is 2.57 bits per heavy atom. The first-order valence-corrected chi connectivity index (χ1v) is 9.92. The number of rotatable bonds is 7. The Bertz CT molecular complexity index is 1080. The van der Waals surface area contributed by atoms with Crippen molar-refractivity contribution < 1.29 is 4.52 Å². The van der Waals surface area contributed by atoms with E-state index < -0.39 is 0 Å². The van der Waals surface area contributed by atoms with Crippen LogP contribution in [0.5, 0.6) is 0 Å². The number of hydrogen-bond acceptors (Lipinski definition) is 6. The highest BCUT2D eigenvalue weighted by Crippen LogP contribution is 2.27. The van der Waals surface area contributed by atoms with Crippen LogP contribution in [0.2, 0.25) is 5.02 Å². The molecule has 140 valence electrons. The summed E-state index contributed by atoms with van der Waals surface area (Å²) in [5.41, 5.74) is 1.84. The molecule has 0 unspecified atom stereocenters. The van der Waals surface area contributed by atoms with E-state index in [-0.39, 0.29) is 0 Å². The zero-order valence-electron chi connectivity index (χ0n) is 14.8. The van der Waals surface area contributed by atoms with E-state index in [1.165, 1.54) is 11.8 Å². The Kier molecular flexibility index (Phi) is 5.55. The standard InChI is InChI=1S/C20H16ClN5OS/c1-2-12-26-18(14-8-10-16(21)11-9-14)23-24-20(26)28-13-17-22-19(27-25-17)15-6-4-3-5-7-15/h2-11H,1,12-13H2. The van der Waals surface area contributed by atoms with Crippen molar-refractivity contribution in [1.82, 2.24) is 24.9 Å². The lowest BCUT2D eigenvalue weighted by Gasteiger charge is -2.07. The molecule has 2 aromatic heterocycles. The number of allylic oxidation sites excluding steroid dienone is 1. The molecule has 0 saturated heterocycles. The second-order valence-corrected chi connectivity index (χ2v) is 7.26. The van der Waals surface area contributed by atoms with E-state index >= 15 is 0 Å². The van der Waals surface area contributed by atoms with Gasteiger partial charge in [-0.3, -0.25) is 4.57 Å². The quantitative estimate of drug-likeness (QED) is 0.311. The number of hydrogen-bond donors (Lipinski definition) is 0. The van der Waals surface area contributed by atoms with Gasteiger partial charge in [-0.15, -0.1) is 16.8 Å². The maximum atomic E-state index is 5.98. The number of thioether (sulfide) groups is 1. The molecule has 4 rings (SSSR count). The Balaban J connectivity index is 1.53. The summed E-state index contributed by atoms with van der Waals surface area (Å²) < 4.78 is 7.36. The van der Waals surface area contributed by atoms with E-state index in [9.17, 15) is 0 Å². The second kappa shape index (κ2) is 8.41. The molecule has 0 saturated carbocycles. The summed E-state index contributed by atoms with van der Waals surface area (Å²) in [6.07, 6.45) is 1.81. The van der Waals surface area contributed by atoms with Crippen LogP contribution in [0.4, 0.5) is 0 Å². The summed E-state index contributed by atoms with van der Waals surface area (Å²) in [6, 6.07) is 17.2. The highest BCUT2D eigenvalue weighted by molar-refractivity contribution is 7.98. The molecule has 0 aliphatic heterocycles. The van der Waals surface area contributed by atoms with E-state index in [1.807, 2.05) is 65.2 Å². The SMILES string of the molecule is C=CCn1c(SCc2noc(-c3ccccc3)n2)nnc1-c1ccc(Cl)cc1. The van der Waals surface area contributed by atoms with Crippen molar-refractivity contribution in [2.45, 2.75) is 17.5 Å². The van der Waals surface area contributed by atoms with Crippen molar-refractivity contribution >= 4 is 23.4 Å². The van der Waals surface area contributed by atoms with Crippen molar-refractivity contribution in [3.05, 3.63) is 78.1 Å². The third kappa shape index (κ3) is 4.00. The summed E-state index contributed by atoms with van der Waals surface area (Å²) in [6.45, 7) is 4.43. The molecule has 6 nitrogen and oxygen atoms in total. The number of nitrogens with zero attached hydrogens (tertiary/aromatic N) is 5. The molecule has 0 aliphatic carbocycles. The first-order valence-electron chi connectivity index (χ1n) is 8.55. The van der Waals surface area contributed by atoms with Crippen molar-refractivity contribution in [2.24, 2.45) is 0 Å². The summed E-state index contributed by atoms with van der Waals surface area (Å²) >= 11 is 7.48. The molecule has 2 heterocycles. The Labute approximate surface area is 171 Å². The van der Waals surface area contributed by atoms with Gasteiger partial charge < -0.3 is 4.52 Å². The van der Waals surface area contributed by atoms with Crippen LogP contribution in [0, 0.1) is 0 Å². The zero-order valence-corrected chi connectivity index (χ0v) is 16.4. The van der Waals surface area contributed by atoms with Crippen LogP contribution in [0.25, 0.3) is 22.8 Å². The lowest BCUT2D eigenvalue weighted by molar-refractivity contribution is 0.425. The van der Waals surface area contributed by atoms with E-state index in [4.69, 9.17) is 16.1 Å². The molecule has 0 N–H and O–H groups in total. The highest BCUT2D eigenvalue weighted by Gasteiger charge is 2.15. The van der Waals surface area contributed by atoms with E-state index in [0.29, 0.717) is 29.0 Å². The van der Waals surface area contributed by atoms with Gasteiger partial charge in [0, 0.05) is 22.7 Å². The fraction of sp³-hybridized carbons (Fsp3) is 0.100. The molecule has 0 amide bonds. The van der Waals surface area contributed by atoms with Crippen molar-refractivity contribution in [3.8, 4) is 22.8 Å². The summed E-state index contributed by atoms with van der Waals surface area (Å²) in [4.78, 5) is 4.46. The molecule has 4 aromatic rings. The molecule has 28 heavy (non-hydrogen) atoms. The molecule has 0 fully saturated rings. The molecule has 0 aliphatic rings. The summed E-state index contributed by atoms with van der Waals surface area (Å²) in [7, 11) is 0. The monoisotopic (exact) mass is 409 g/mol. The van der Waals surface area contributed by atoms with Crippen LogP contribution in [0.1, 0.15) is 5.82 Å². The average Bonchev–Trinajstić information content (AvgIpc) is 3.35. The highest BCUT2D eigenvalue weighted by atomic mass is 35.5. The number of benzene rings is 2. The van der Waals surface area contributed by atoms with Crippen LogP contribution in [0.3, 0.4) is 0 Å². The predicted molar refractivity (Wildman–Crippen MR) is 110 cm³/mol. The molecule has 8 heteroatoms. The third-order valence-corrected chi connectivity index (χ3v) is 5.16. The third-order valence-electron chi connectivity index (χ3n) is 3.95. The smallest absolute Gasteiger partial charge is 0.257 e. The number of aromatic nitrogens is 5. The largest absolute Gasteiger partial charge is 0.334 e. The molecule has 0 radical (unpaired) electrons. The van der Waals surface area contributed by atoms with Gasteiger partial charge in [0.05, 0.1) is 5.75 Å². The minimum atomic E-state index is 0.505. The lowest BCUT2D eigenvalue weighted by atomic mass is 10.2. The minimum absolute atomic E-state index is 0.505. The van der Waals surface area contributed by atoms with Gasteiger partial charge in [0.2, 0.25) is 0 Å². The van der Waals surface area contributed by atoms with E-state index in [2.05, 4.69) is 26.9 Å². The fourth-order valence-corrected chi connectivity index (χ4v) is 3.56. The Hall–Kier alpha value is -2.90. The van der Waals surface area contributed by atoms with Crippen LogP contribution < -0.4 is 0 Å². The van der Waals surface area contributed by atoms with Crippen LogP contribution >= 0.6 is 23.4 Å². The Morgan fingerprint density at radius 2 is 1.82 bits per heavy atom. The van der Waals surface area contributed by atoms with Gasteiger partial charge in [0.15, 0.2) is 16.8 Å². The van der Waals surface area contributed by atoms with Gasteiger partial charge in [-0.05, 0) is 36.4 Å². The molecule has 2 aromatic carbocycles. The average molecular weight is 410 g/mol. The van der Waals surface area contributed by atoms with Gasteiger partial charge in [-0.25, -0.2) is 0 Å². The Morgan fingerprint density at radius 1 is 1.04 bits per heavy atom. The maximum Gasteiger partial charge on any atom is 0.257 e. The summed E-state index contributed by atoms with van der Waals surface area (Å²) in [5.74, 6) is 2.39. The molecule has 0 spiro atoms. The van der Waals surface area contributed by atoms with Gasteiger partial charge in [0.25, 0.3) is 5.89 Å². The van der Waals surface area contributed by atoms with E-state index in [0.717, 1.165) is 22.1 Å². The first-order chi connectivity index (χ1) is 13.7. The topological polar surface area (TPSA) is 69.6 Å². The second-order valence-electron chi connectivity index (χ2n) is 5.88. The predicted octanol–water partition coefficient (Wildman–Crippen LogP) is 5.13. The molecule has 0 atom stereocenters. The van der Waals surface area contributed by atoms with Crippen LogP contribution in [0.15, 0.2) is 76.9 Å². The minimum Gasteiger partial charge on any atom is -0.334 e. The molecular weight excluding hydrogens is 394 g/mol. The van der Waals surface area contributed by atoms with Gasteiger partial charge in [0.1, 0.15) is 0 Å². The van der Waals surface area contributed by atoms with Crippen molar-refractivity contribution in [2.75, 3.05) is 0 Å². The molecular formula is C20H16ClN5OS. The van der Waals surface area contributed by atoms with Crippen LogP contribution in [-0.2, 0) is 12.3 Å². The van der Waals surface area contributed by atoms with Gasteiger partial charge in [-0.2, -0.15) is 4.98 Å². The normalized spacial score (nSPS) is 10.9. The van der Waals surface area contributed by atoms with Crippen molar-refractivity contribution in [3.63, 3.8) is 0 Å². The van der Waals surface area contributed by atoms with E-state index in [1.54, 1.807) is 0 Å².